The molecule has 188 valence electrons. The zero-order valence-corrected chi connectivity index (χ0v) is 21.3. The molecule has 2 aliphatic carbocycles. The highest BCUT2D eigenvalue weighted by Crippen LogP contribution is 2.47. The maximum atomic E-state index is 11.2. The van der Waals surface area contributed by atoms with E-state index in [1.54, 1.807) is 0 Å². The first-order valence-corrected chi connectivity index (χ1v) is 12.9. The van der Waals surface area contributed by atoms with Crippen LogP contribution < -0.4 is 0 Å². The van der Waals surface area contributed by atoms with Gasteiger partial charge in [0.15, 0.2) is 0 Å². The van der Waals surface area contributed by atoms with Crippen LogP contribution in [0.5, 0.6) is 0 Å². The van der Waals surface area contributed by atoms with E-state index in [0.717, 1.165) is 44.1 Å². The van der Waals surface area contributed by atoms with E-state index < -0.39 is 6.10 Å². The van der Waals surface area contributed by atoms with Gasteiger partial charge in [0.1, 0.15) is 6.61 Å². The average molecular weight is 477 g/mol. The number of carbonyl (C=O) groups excluding carboxylic acids is 1. The Morgan fingerprint density at radius 3 is 2.66 bits per heavy atom. The second-order valence-corrected chi connectivity index (χ2v) is 10.2. The Balaban J connectivity index is 1.51. The van der Waals surface area contributed by atoms with Crippen molar-refractivity contribution in [2.75, 3.05) is 20.3 Å². The van der Waals surface area contributed by atoms with E-state index in [-0.39, 0.29) is 23.4 Å². The van der Waals surface area contributed by atoms with Crippen molar-refractivity contribution in [3.63, 3.8) is 0 Å². The molecule has 2 unspecified atom stereocenters. The largest absolute Gasteiger partial charge is 0.467 e. The lowest BCUT2D eigenvalue weighted by Crippen LogP contribution is -2.32. The first kappa shape index (κ1) is 27.0. The molecule has 0 amide bonds. The van der Waals surface area contributed by atoms with E-state index in [1.165, 1.54) is 31.9 Å². The molecule has 0 aromatic heterocycles. The van der Waals surface area contributed by atoms with Crippen molar-refractivity contribution in [1.29, 1.82) is 0 Å². The Kier molecular flexibility index (Phi) is 10.4. The molecule has 0 heterocycles. The fourth-order valence-corrected chi connectivity index (χ4v) is 5.10. The minimum atomic E-state index is -0.459. The molecule has 0 spiro atoms. The second kappa shape index (κ2) is 13.5. The topological polar surface area (TPSA) is 55.8 Å². The van der Waals surface area contributed by atoms with Crippen molar-refractivity contribution in [3.8, 4) is 11.8 Å². The zero-order valence-electron chi connectivity index (χ0n) is 21.3. The molecule has 0 bridgehead atoms. The molecule has 1 aromatic rings. The molecule has 1 aromatic carbocycles. The number of ether oxygens (including phenoxy) is 2. The monoisotopic (exact) mass is 476 g/mol. The Labute approximate surface area is 211 Å². The third kappa shape index (κ3) is 8.53. The first-order chi connectivity index (χ1) is 16.9. The van der Waals surface area contributed by atoms with Crippen LogP contribution in [-0.4, -0.2) is 37.5 Å². The summed E-state index contributed by atoms with van der Waals surface area (Å²) < 4.78 is 10.0. The molecule has 0 radical (unpaired) electrons. The van der Waals surface area contributed by atoms with Crippen LogP contribution in [0.15, 0.2) is 66.3 Å². The summed E-state index contributed by atoms with van der Waals surface area (Å²) in [5.74, 6) is 6.27. The van der Waals surface area contributed by atoms with Crippen LogP contribution in [0.2, 0.25) is 0 Å². The maximum Gasteiger partial charge on any atom is 0.331 e. The van der Waals surface area contributed by atoms with Crippen LogP contribution in [0, 0.1) is 22.7 Å². The summed E-state index contributed by atoms with van der Waals surface area (Å²) in [6.45, 7) is 2.65. The molecule has 2 atom stereocenters. The van der Waals surface area contributed by atoms with Crippen LogP contribution in [0.3, 0.4) is 0 Å². The van der Waals surface area contributed by atoms with Crippen molar-refractivity contribution in [1.82, 2.24) is 0 Å². The molecule has 2 fully saturated rings. The highest BCUT2D eigenvalue weighted by molar-refractivity contribution is 5.70. The fourth-order valence-electron chi connectivity index (χ4n) is 5.10. The number of esters is 1. The quantitative estimate of drug-likeness (QED) is 0.144. The van der Waals surface area contributed by atoms with Gasteiger partial charge in [-0.25, -0.2) is 4.79 Å². The SMILES string of the molecule is COC(=O)COC/C=C1\CCCCC1(C)/C=C/C=C/C(O)CC1(CC#Cc2ccccc2)CCC1. The van der Waals surface area contributed by atoms with Gasteiger partial charge in [-0.2, -0.15) is 0 Å². The van der Waals surface area contributed by atoms with Crippen LogP contribution in [0.1, 0.15) is 70.3 Å². The minimum Gasteiger partial charge on any atom is -0.467 e. The highest BCUT2D eigenvalue weighted by Gasteiger charge is 2.37. The smallest absolute Gasteiger partial charge is 0.331 e. The Hall–Kier alpha value is -2.61. The summed E-state index contributed by atoms with van der Waals surface area (Å²) in [6.07, 6.45) is 19.5. The predicted octanol–water partition coefficient (Wildman–Crippen LogP) is 6.16. The van der Waals surface area contributed by atoms with E-state index in [0.29, 0.717) is 6.61 Å². The molecule has 1 N–H and O–H groups in total. The standard InChI is InChI=1S/C31H40O4/c1-30(18-8-6-15-27(30)17-23-35-25-29(33)34-2)19-9-7-16-28(32)24-31(21-11-22-31)20-10-14-26-12-4-3-5-13-26/h3-5,7,9,12-13,16-17,19,28,32H,6,8,11,15,18,20-25H2,1-2H3/b16-7+,19-9+,27-17+. The third-order valence-corrected chi connectivity index (χ3v) is 7.46. The Bertz CT molecular complexity index is 959. The summed E-state index contributed by atoms with van der Waals surface area (Å²) in [5.41, 5.74) is 2.52. The average Bonchev–Trinajstić information content (AvgIpc) is 2.84. The van der Waals surface area contributed by atoms with Crippen molar-refractivity contribution in [2.24, 2.45) is 10.8 Å². The van der Waals surface area contributed by atoms with E-state index in [2.05, 4.69) is 41.7 Å². The number of benzene rings is 1. The lowest BCUT2D eigenvalue weighted by molar-refractivity contribution is -0.145. The number of aliphatic hydroxyl groups excluding tert-OH is 1. The van der Waals surface area contributed by atoms with Gasteiger partial charge in [-0.3, -0.25) is 0 Å². The molecule has 2 aliphatic rings. The Morgan fingerprint density at radius 2 is 1.94 bits per heavy atom. The van der Waals surface area contributed by atoms with Gasteiger partial charge >= 0.3 is 5.97 Å². The molecule has 3 rings (SSSR count). The third-order valence-electron chi connectivity index (χ3n) is 7.46. The fraction of sp³-hybridized carbons (Fsp3) is 0.516. The number of allylic oxidation sites excluding steroid dienone is 4. The van der Waals surface area contributed by atoms with Gasteiger partial charge in [0, 0.05) is 17.4 Å². The summed E-state index contributed by atoms with van der Waals surface area (Å²) in [5, 5.41) is 10.7. The summed E-state index contributed by atoms with van der Waals surface area (Å²) >= 11 is 0. The van der Waals surface area contributed by atoms with Crippen molar-refractivity contribution < 1.29 is 19.4 Å². The molecular weight excluding hydrogens is 436 g/mol. The van der Waals surface area contributed by atoms with Gasteiger partial charge in [-0.1, -0.05) is 85.8 Å². The zero-order chi connectivity index (χ0) is 25.0. The normalized spacial score (nSPS) is 23.6. The lowest BCUT2D eigenvalue weighted by atomic mass is 9.64. The number of rotatable bonds is 10. The highest BCUT2D eigenvalue weighted by atomic mass is 16.6. The Morgan fingerprint density at radius 1 is 1.14 bits per heavy atom. The molecule has 4 heteroatoms. The molecule has 0 saturated heterocycles. The van der Waals surface area contributed by atoms with Gasteiger partial charge in [-0.15, -0.1) is 0 Å². The van der Waals surface area contributed by atoms with Crippen molar-refractivity contribution in [3.05, 3.63) is 71.8 Å². The van der Waals surface area contributed by atoms with Crippen LogP contribution in [-0.2, 0) is 14.3 Å². The molecule has 2 saturated carbocycles. The summed E-state index contributed by atoms with van der Waals surface area (Å²) in [4.78, 5) is 11.2. The van der Waals surface area contributed by atoms with Gasteiger partial charge in [0.05, 0.1) is 19.8 Å². The molecule has 4 nitrogen and oxygen atoms in total. The van der Waals surface area contributed by atoms with Crippen molar-refractivity contribution >= 4 is 5.97 Å². The van der Waals surface area contributed by atoms with Gasteiger partial charge in [0.2, 0.25) is 0 Å². The number of hydrogen-bond acceptors (Lipinski definition) is 4. The summed E-state index contributed by atoms with van der Waals surface area (Å²) in [7, 11) is 1.36. The molecule has 35 heavy (non-hydrogen) atoms. The first-order valence-electron chi connectivity index (χ1n) is 12.9. The predicted molar refractivity (Wildman–Crippen MR) is 141 cm³/mol. The van der Waals surface area contributed by atoms with E-state index in [9.17, 15) is 9.90 Å². The number of aliphatic hydroxyl groups is 1. The summed E-state index contributed by atoms with van der Waals surface area (Å²) in [6, 6.07) is 10.1. The van der Waals surface area contributed by atoms with Crippen LogP contribution in [0.4, 0.5) is 0 Å². The van der Waals surface area contributed by atoms with Gasteiger partial charge in [0.25, 0.3) is 0 Å². The molecular formula is C31H40O4. The lowest BCUT2D eigenvalue weighted by Gasteiger charge is -2.41. The van der Waals surface area contributed by atoms with Crippen LogP contribution >= 0.6 is 0 Å². The van der Waals surface area contributed by atoms with Crippen molar-refractivity contribution in [2.45, 2.75) is 70.8 Å². The van der Waals surface area contributed by atoms with Crippen LogP contribution in [0.25, 0.3) is 0 Å². The van der Waals surface area contributed by atoms with E-state index >= 15 is 0 Å². The number of methoxy groups -OCH3 is 1. The van der Waals surface area contributed by atoms with Gasteiger partial charge in [-0.05, 0) is 56.1 Å². The van der Waals surface area contributed by atoms with Gasteiger partial charge < -0.3 is 14.6 Å². The van der Waals surface area contributed by atoms with E-state index in [4.69, 9.17) is 4.74 Å². The minimum absolute atomic E-state index is 0.0210. The second-order valence-electron chi connectivity index (χ2n) is 10.2. The number of carbonyl (C=O) groups is 1. The van der Waals surface area contributed by atoms with E-state index in [1.807, 2.05) is 42.5 Å². The number of hydrogen-bond donors (Lipinski definition) is 1. The molecule has 0 aliphatic heterocycles. The maximum absolute atomic E-state index is 11.2.